The van der Waals surface area contributed by atoms with Gasteiger partial charge < -0.3 is 9.47 Å². The Bertz CT molecular complexity index is 1100. The van der Waals surface area contributed by atoms with Gasteiger partial charge in [-0.05, 0) is 48.9 Å². The van der Waals surface area contributed by atoms with Crippen molar-refractivity contribution in [3.05, 3.63) is 88.2 Å². The number of hydrogen-bond donors (Lipinski definition) is 0. The molecular weight excluding hydrogens is 388 g/mol. The molecule has 7 heteroatoms. The van der Waals surface area contributed by atoms with Gasteiger partial charge in [-0.3, -0.25) is 4.98 Å². The molecule has 2 aromatic carbocycles. The molecular formula is C23H17F2N3O2. The first-order valence-electron chi connectivity index (χ1n) is 9.03. The van der Waals surface area contributed by atoms with Crippen LogP contribution in [0.1, 0.15) is 39.9 Å². The first kappa shape index (κ1) is 20.8. The summed E-state index contributed by atoms with van der Waals surface area (Å²) in [5.41, 5.74) is 2.03. The van der Waals surface area contributed by atoms with Crippen LogP contribution in [0.25, 0.3) is 0 Å². The Hall–Kier alpha value is -3.97. The monoisotopic (exact) mass is 405 g/mol. The number of hydrogen-bond acceptors (Lipinski definition) is 5. The molecule has 0 saturated heterocycles. The largest absolute Gasteiger partial charge is 0.489 e. The number of aryl methyl sites for hydroxylation is 1. The molecule has 0 N–H and O–H groups in total. The van der Waals surface area contributed by atoms with E-state index in [-0.39, 0.29) is 30.1 Å². The van der Waals surface area contributed by atoms with Crippen LogP contribution in [-0.4, -0.2) is 4.98 Å². The molecule has 0 aliphatic heterocycles. The van der Waals surface area contributed by atoms with Crippen molar-refractivity contribution >= 4 is 0 Å². The average Bonchev–Trinajstić information content (AvgIpc) is 2.77. The van der Waals surface area contributed by atoms with E-state index in [1.807, 2.05) is 12.1 Å². The van der Waals surface area contributed by atoms with E-state index in [0.29, 0.717) is 22.6 Å². The van der Waals surface area contributed by atoms with Crippen molar-refractivity contribution in [2.24, 2.45) is 0 Å². The Morgan fingerprint density at radius 3 is 2.07 bits per heavy atom. The van der Waals surface area contributed by atoms with Crippen LogP contribution < -0.4 is 9.47 Å². The van der Waals surface area contributed by atoms with Gasteiger partial charge in [0.25, 0.3) is 6.43 Å². The van der Waals surface area contributed by atoms with Crippen LogP contribution in [0.2, 0.25) is 0 Å². The molecule has 0 aliphatic carbocycles. The molecule has 150 valence electrons. The van der Waals surface area contributed by atoms with Gasteiger partial charge in [0.2, 0.25) is 0 Å². The molecule has 3 aromatic rings. The molecule has 5 nitrogen and oxygen atoms in total. The van der Waals surface area contributed by atoms with Gasteiger partial charge in [-0.2, -0.15) is 10.5 Å². The molecule has 0 saturated carbocycles. The number of benzene rings is 2. The number of nitrogens with zero attached hydrogens (tertiary/aromatic N) is 3. The highest BCUT2D eigenvalue weighted by Gasteiger charge is 2.22. The normalized spacial score (nSPS) is 10.3. The van der Waals surface area contributed by atoms with Crippen LogP contribution in [-0.2, 0) is 13.2 Å². The summed E-state index contributed by atoms with van der Waals surface area (Å²) in [4.78, 5) is 4.18. The van der Waals surface area contributed by atoms with Crippen molar-refractivity contribution in [2.45, 2.75) is 26.6 Å². The van der Waals surface area contributed by atoms with Crippen molar-refractivity contribution in [2.75, 3.05) is 0 Å². The molecule has 0 bridgehead atoms. The van der Waals surface area contributed by atoms with Crippen molar-refractivity contribution in [1.82, 2.24) is 4.98 Å². The molecule has 0 fully saturated rings. The predicted octanol–water partition coefficient (Wildman–Crippen LogP) is 5.23. The van der Waals surface area contributed by atoms with Crippen LogP contribution in [0.5, 0.6) is 11.5 Å². The van der Waals surface area contributed by atoms with Gasteiger partial charge in [0.05, 0.1) is 34.5 Å². The summed E-state index contributed by atoms with van der Waals surface area (Å²) in [6.07, 6.45) is -1.42. The molecule has 0 unspecified atom stereocenters. The van der Waals surface area contributed by atoms with E-state index < -0.39 is 6.43 Å². The van der Waals surface area contributed by atoms with E-state index in [1.54, 1.807) is 55.5 Å². The third kappa shape index (κ3) is 4.89. The zero-order valence-electron chi connectivity index (χ0n) is 16.1. The van der Waals surface area contributed by atoms with E-state index in [9.17, 15) is 8.78 Å². The lowest BCUT2D eigenvalue weighted by Gasteiger charge is -2.17. The molecule has 30 heavy (non-hydrogen) atoms. The summed E-state index contributed by atoms with van der Waals surface area (Å²) in [6.45, 7) is 1.55. The standard InChI is InChI=1S/C23H17F2N3O2/c1-15-22(30-13-18-4-2-16(10-26)3-5-18)21(23(24)25)19(12-28-15)14-29-20-8-6-17(11-27)7-9-20/h2-9,12,23H,13-14H2,1H3. The fourth-order valence-electron chi connectivity index (χ4n) is 2.80. The van der Waals surface area contributed by atoms with Crippen molar-refractivity contribution < 1.29 is 18.3 Å². The van der Waals surface area contributed by atoms with Gasteiger partial charge in [-0.25, -0.2) is 8.78 Å². The Morgan fingerprint density at radius 2 is 1.50 bits per heavy atom. The van der Waals surface area contributed by atoms with Crippen LogP contribution in [0.3, 0.4) is 0 Å². The fourth-order valence-corrected chi connectivity index (χ4v) is 2.80. The molecule has 0 radical (unpaired) electrons. The summed E-state index contributed by atoms with van der Waals surface area (Å²) >= 11 is 0. The van der Waals surface area contributed by atoms with E-state index in [2.05, 4.69) is 4.98 Å². The molecule has 1 heterocycles. The Balaban J connectivity index is 1.80. The summed E-state index contributed by atoms with van der Waals surface area (Å²) in [7, 11) is 0. The van der Waals surface area contributed by atoms with Gasteiger partial charge in [0, 0.05) is 11.8 Å². The number of halogens is 2. The second-order valence-corrected chi connectivity index (χ2v) is 6.43. The Morgan fingerprint density at radius 1 is 0.900 bits per heavy atom. The minimum absolute atomic E-state index is 0.0234. The van der Waals surface area contributed by atoms with Gasteiger partial charge >= 0.3 is 0 Å². The molecule has 3 rings (SSSR count). The van der Waals surface area contributed by atoms with Crippen molar-refractivity contribution in [3.8, 4) is 23.6 Å². The lowest BCUT2D eigenvalue weighted by Crippen LogP contribution is -2.08. The number of pyridine rings is 1. The zero-order chi connectivity index (χ0) is 21.5. The fraction of sp³-hybridized carbons (Fsp3) is 0.174. The molecule has 0 aliphatic rings. The minimum Gasteiger partial charge on any atom is -0.489 e. The predicted molar refractivity (Wildman–Crippen MR) is 105 cm³/mol. The van der Waals surface area contributed by atoms with Crippen LogP contribution in [0.4, 0.5) is 8.78 Å². The average molecular weight is 405 g/mol. The van der Waals surface area contributed by atoms with Crippen LogP contribution in [0.15, 0.2) is 54.7 Å². The van der Waals surface area contributed by atoms with Gasteiger partial charge in [-0.1, -0.05) is 12.1 Å². The number of ether oxygens (including phenoxy) is 2. The maximum absolute atomic E-state index is 13.9. The van der Waals surface area contributed by atoms with Gasteiger partial charge in [0.1, 0.15) is 24.7 Å². The van der Waals surface area contributed by atoms with Gasteiger partial charge in [0.15, 0.2) is 0 Å². The minimum atomic E-state index is -2.78. The molecule has 0 atom stereocenters. The van der Waals surface area contributed by atoms with E-state index in [0.717, 1.165) is 5.56 Å². The number of nitriles is 2. The van der Waals surface area contributed by atoms with E-state index >= 15 is 0 Å². The summed E-state index contributed by atoms with van der Waals surface area (Å²) < 4.78 is 39.1. The second-order valence-electron chi connectivity index (χ2n) is 6.43. The van der Waals surface area contributed by atoms with E-state index in [1.165, 1.54) is 6.20 Å². The highest BCUT2D eigenvalue weighted by Crippen LogP contribution is 2.35. The van der Waals surface area contributed by atoms with E-state index in [4.69, 9.17) is 20.0 Å². The smallest absolute Gasteiger partial charge is 0.267 e. The van der Waals surface area contributed by atoms with Crippen LogP contribution in [0, 0.1) is 29.6 Å². The lowest BCUT2D eigenvalue weighted by molar-refractivity contribution is 0.140. The highest BCUT2D eigenvalue weighted by molar-refractivity contribution is 5.43. The zero-order valence-corrected chi connectivity index (χ0v) is 16.1. The number of rotatable bonds is 7. The third-order valence-electron chi connectivity index (χ3n) is 4.40. The summed E-state index contributed by atoms with van der Waals surface area (Å²) in [6, 6.07) is 17.1. The summed E-state index contributed by atoms with van der Waals surface area (Å²) in [5, 5.41) is 17.7. The maximum Gasteiger partial charge on any atom is 0.267 e. The topological polar surface area (TPSA) is 78.9 Å². The maximum atomic E-state index is 13.9. The Labute approximate surface area is 172 Å². The van der Waals surface area contributed by atoms with Gasteiger partial charge in [-0.15, -0.1) is 0 Å². The number of alkyl halides is 2. The summed E-state index contributed by atoms with van der Waals surface area (Å²) in [5.74, 6) is 0.477. The van der Waals surface area contributed by atoms with Crippen molar-refractivity contribution in [3.63, 3.8) is 0 Å². The number of aromatic nitrogens is 1. The third-order valence-corrected chi connectivity index (χ3v) is 4.40. The molecule has 1 aromatic heterocycles. The molecule has 0 amide bonds. The highest BCUT2D eigenvalue weighted by atomic mass is 19.3. The first-order valence-corrected chi connectivity index (χ1v) is 9.03. The quantitative estimate of drug-likeness (QED) is 0.538. The van der Waals surface area contributed by atoms with Crippen LogP contribution >= 0.6 is 0 Å². The lowest BCUT2D eigenvalue weighted by atomic mass is 10.1. The second kappa shape index (κ2) is 9.49. The van der Waals surface area contributed by atoms with Crippen molar-refractivity contribution in [1.29, 1.82) is 10.5 Å². The Kier molecular flexibility index (Phi) is 6.56. The SMILES string of the molecule is Cc1ncc(COc2ccc(C#N)cc2)c(C(F)F)c1OCc1ccc(C#N)cc1. The first-order chi connectivity index (χ1) is 14.5. The molecule has 0 spiro atoms.